The standard InChI is InChI=1S/C20H29N3O2/c1-15(19-14-17-6-4-5-7-18(17)21-19)22(2)20(24)16-8-10-23(11-9-16)12-13-25-3/h4-7,14-16,21H,8-13H2,1-3H3. The molecule has 1 amide bonds. The van der Waals surface area contributed by atoms with Gasteiger partial charge in [-0.3, -0.25) is 4.79 Å². The summed E-state index contributed by atoms with van der Waals surface area (Å²) in [4.78, 5) is 20.7. The second kappa shape index (κ2) is 8.02. The molecule has 5 nitrogen and oxygen atoms in total. The highest BCUT2D eigenvalue weighted by Crippen LogP contribution is 2.27. The normalized spacial score (nSPS) is 17.7. The van der Waals surface area contributed by atoms with Gasteiger partial charge >= 0.3 is 0 Å². The van der Waals surface area contributed by atoms with Crippen LogP contribution in [0.5, 0.6) is 0 Å². The smallest absolute Gasteiger partial charge is 0.226 e. The molecule has 1 aliphatic heterocycles. The number of likely N-dealkylation sites (tertiary alicyclic amines) is 1. The Labute approximate surface area is 149 Å². The van der Waals surface area contributed by atoms with Gasteiger partial charge in [0, 0.05) is 37.8 Å². The molecule has 1 saturated heterocycles. The van der Waals surface area contributed by atoms with Crippen molar-refractivity contribution in [3.05, 3.63) is 36.0 Å². The van der Waals surface area contributed by atoms with Crippen LogP contribution in [0.1, 0.15) is 31.5 Å². The van der Waals surface area contributed by atoms with Crippen molar-refractivity contribution in [3.63, 3.8) is 0 Å². The number of carbonyl (C=O) groups excluding carboxylic acids is 1. The second-order valence-electron chi connectivity index (χ2n) is 7.05. The highest BCUT2D eigenvalue weighted by Gasteiger charge is 2.29. The zero-order chi connectivity index (χ0) is 17.8. The minimum absolute atomic E-state index is 0.0476. The Hall–Kier alpha value is -1.85. The minimum atomic E-state index is 0.0476. The Kier molecular flexibility index (Phi) is 5.76. The molecule has 25 heavy (non-hydrogen) atoms. The summed E-state index contributed by atoms with van der Waals surface area (Å²) >= 11 is 0. The zero-order valence-corrected chi connectivity index (χ0v) is 15.5. The van der Waals surface area contributed by atoms with Crippen LogP contribution in [-0.2, 0) is 9.53 Å². The van der Waals surface area contributed by atoms with Gasteiger partial charge in [0.1, 0.15) is 0 Å². The summed E-state index contributed by atoms with van der Waals surface area (Å²) in [7, 11) is 3.66. The van der Waals surface area contributed by atoms with E-state index in [0.717, 1.165) is 50.3 Å². The van der Waals surface area contributed by atoms with Crippen molar-refractivity contribution in [1.29, 1.82) is 0 Å². The van der Waals surface area contributed by atoms with E-state index >= 15 is 0 Å². The number of nitrogens with zero attached hydrogens (tertiary/aromatic N) is 2. The molecule has 1 N–H and O–H groups in total. The summed E-state index contributed by atoms with van der Waals surface area (Å²) in [5, 5.41) is 1.19. The number of carbonyl (C=O) groups is 1. The molecule has 1 aromatic carbocycles. The summed E-state index contributed by atoms with van der Waals surface area (Å²) in [5.74, 6) is 0.396. The molecule has 0 radical (unpaired) electrons. The Morgan fingerprint density at radius 2 is 2.08 bits per heavy atom. The number of aromatic nitrogens is 1. The molecule has 136 valence electrons. The molecule has 1 aromatic heterocycles. The van der Waals surface area contributed by atoms with E-state index in [2.05, 4.69) is 35.0 Å². The van der Waals surface area contributed by atoms with Gasteiger partial charge in [0.05, 0.1) is 12.6 Å². The number of fused-ring (bicyclic) bond motifs is 1. The molecular formula is C20H29N3O2. The summed E-state index contributed by atoms with van der Waals surface area (Å²) in [5.41, 5.74) is 2.21. The van der Waals surface area contributed by atoms with Gasteiger partial charge in [-0.2, -0.15) is 0 Å². The van der Waals surface area contributed by atoms with Crippen LogP contribution in [0.15, 0.2) is 30.3 Å². The number of aromatic amines is 1. The Morgan fingerprint density at radius 1 is 1.36 bits per heavy atom. The summed E-state index contributed by atoms with van der Waals surface area (Å²) in [6.45, 7) is 5.77. The molecule has 1 unspecified atom stereocenters. The molecule has 0 spiro atoms. The molecular weight excluding hydrogens is 314 g/mol. The fraction of sp³-hybridized carbons (Fsp3) is 0.550. The number of methoxy groups -OCH3 is 1. The maximum Gasteiger partial charge on any atom is 0.226 e. The number of hydrogen-bond acceptors (Lipinski definition) is 3. The van der Waals surface area contributed by atoms with E-state index in [-0.39, 0.29) is 17.9 Å². The first kappa shape index (κ1) is 18.0. The topological polar surface area (TPSA) is 48.6 Å². The fourth-order valence-electron chi connectivity index (χ4n) is 3.63. The largest absolute Gasteiger partial charge is 0.383 e. The van der Waals surface area contributed by atoms with Crippen LogP contribution in [0.3, 0.4) is 0 Å². The van der Waals surface area contributed by atoms with Gasteiger partial charge in [0.2, 0.25) is 5.91 Å². The van der Waals surface area contributed by atoms with Crippen molar-refractivity contribution < 1.29 is 9.53 Å². The highest BCUT2D eigenvalue weighted by molar-refractivity contribution is 5.82. The van der Waals surface area contributed by atoms with E-state index in [1.165, 1.54) is 5.39 Å². The van der Waals surface area contributed by atoms with Crippen molar-refractivity contribution in [2.24, 2.45) is 5.92 Å². The third-order valence-corrected chi connectivity index (χ3v) is 5.48. The number of ether oxygens (including phenoxy) is 1. The van der Waals surface area contributed by atoms with E-state index in [0.29, 0.717) is 0 Å². The van der Waals surface area contributed by atoms with Crippen LogP contribution < -0.4 is 0 Å². The lowest BCUT2D eigenvalue weighted by molar-refractivity contribution is -0.137. The zero-order valence-electron chi connectivity index (χ0n) is 15.5. The van der Waals surface area contributed by atoms with Gasteiger partial charge in [-0.15, -0.1) is 0 Å². The van der Waals surface area contributed by atoms with E-state index in [1.54, 1.807) is 7.11 Å². The van der Waals surface area contributed by atoms with E-state index < -0.39 is 0 Å². The van der Waals surface area contributed by atoms with Crippen molar-refractivity contribution in [3.8, 4) is 0 Å². The van der Waals surface area contributed by atoms with Crippen LogP contribution in [0.4, 0.5) is 0 Å². The molecule has 0 saturated carbocycles. The molecule has 1 fully saturated rings. The molecule has 2 heterocycles. The summed E-state index contributed by atoms with van der Waals surface area (Å²) < 4.78 is 5.14. The lowest BCUT2D eigenvalue weighted by Crippen LogP contribution is -2.42. The number of nitrogens with one attached hydrogen (secondary N) is 1. The maximum absolute atomic E-state index is 12.9. The first-order chi connectivity index (χ1) is 12.1. The maximum atomic E-state index is 12.9. The van der Waals surface area contributed by atoms with E-state index in [1.807, 2.05) is 24.1 Å². The predicted octanol–water partition coefficient (Wildman–Crippen LogP) is 3.05. The Balaban J connectivity index is 1.60. The minimum Gasteiger partial charge on any atom is -0.383 e. The first-order valence-corrected chi connectivity index (χ1v) is 9.15. The summed E-state index contributed by atoms with van der Waals surface area (Å²) in [6.07, 6.45) is 1.87. The Morgan fingerprint density at radius 3 is 2.76 bits per heavy atom. The lowest BCUT2D eigenvalue weighted by atomic mass is 9.94. The third-order valence-electron chi connectivity index (χ3n) is 5.48. The second-order valence-corrected chi connectivity index (χ2v) is 7.05. The van der Waals surface area contributed by atoms with Gasteiger partial charge in [-0.1, -0.05) is 18.2 Å². The monoisotopic (exact) mass is 343 g/mol. The van der Waals surface area contributed by atoms with Crippen molar-refractivity contribution in [2.45, 2.75) is 25.8 Å². The average molecular weight is 343 g/mol. The Bertz CT molecular complexity index is 671. The third kappa shape index (κ3) is 4.05. The van der Waals surface area contributed by atoms with Gasteiger partial charge in [0.15, 0.2) is 0 Å². The molecule has 5 heteroatoms. The van der Waals surface area contributed by atoms with Crippen molar-refractivity contribution >= 4 is 16.8 Å². The summed E-state index contributed by atoms with van der Waals surface area (Å²) in [6, 6.07) is 10.4. The number of para-hydroxylation sites is 1. The first-order valence-electron chi connectivity index (χ1n) is 9.15. The van der Waals surface area contributed by atoms with E-state index in [4.69, 9.17) is 4.74 Å². The van der Waals surface area contributed by atoms with Gasteiger partial charge in [-0.05, 0) is 50.4 Å². The molecule has 2 aromatic rings. The molecule has 0 aliphatic carbocycles. The number of rotatable bonds is 6. The van der Waals surface area contributed by atoms with Gasteiger partial charge < -0.3 is 19.5 Å². The number of piperidine rings is 1. The SMILES string of the molecule is COCCN1CCC(C(=O)N(C)C(C)c2cc3ccccc3[nH]2)CC1. The highest BCUT2D eigenvalue weighted by atomic mass is 16.5. The van der Waals surface area contributed by atoms with Gasteiger partial charge in [0.25, 0.3) is 0 Å². The van der Waals surface area contributed by atoms with Crippen LogP contribution >= 0.6 is 0 Å². The molecule has 3 rings (SSSR count). The molecule has 1 atom stereocenters. The predicted molar refractivity (Wildman–Crippen MR) is 101 cm³/mol. The number of H-pyrrole nitrogens is 1. The lowest BCUT2D eigenvalue weighted by Gasteiger charge is -2.34. The van der Waals surface area contributed by atoms with Crippen molar-refractivity contribution in [1.82, 2.24) is 14.8 Å². The molecule has 1 aliphatic rings. The van der Waals surface area contributed by atoms with Crippen LogP contribution in [0.2, 0.25) is 0 Å². The fourth-order valence-corrected chi connectivity index (χ4v) is 3.63. The number of amides is 1. The van der Waals surface area contributed by atoms with Crippen LogP contribution in [0, 0.1) is 5.92 Å². The van der Waals surface area contributed by atoms with E-state index in [9.17, 15) is 4.79 Å². The van der Waals surface area contributed by atoms with Crippen molar-refractivity contribution in [2.75, 3.05) is 40.4 Å². The van der Waals surface area contributed by atoms with Crippen LogP contribution in [-0.4, -0.2) is 61.1 Å². The van der Waals surface area contributed by atoms with Crippen LogP contribution in [0.25, 0.3) is 10.9 Å². The number of benzene rings is 1. The van der Waals surface area contributed by atoms with Gasteiger partial charge in [-0.25, -0.2) is 0 Å². The average Bonchev–Trinajstić information content (AvgIpc) is 3.09. The quantitative estimate of drug-likeness (QED) is 0.877. The number of hydrogen-bond donors (Lipinski definition) is 1. The molecule has 0 bridgehead atoms.